The maximum absolute atomic E-state index is 12.8. The van der Waals surface area contributed by atoms with E-state index in [9.17, 15) is 4.79 Å². The zero-order chi connectivity index (χ0) is 15.5. The molecule has 1 aliphatic carbocycles. The predicted octanol–water partition coefficient (Wildman–Crippen LogP) is 3.90. The molecule has 22 heavy (non-hydrogen) atoms. The van der Waals surface area contributed by atoms with Gasteiger partial charge in [-0.2, -0.15) is 0 Å². The molecule has 1 aliphatic heterocycles. The Hall–Kier alpha value is -1.35. The number of nitrogens with one attached hydrogen (secondary N) is 1. The fraction of sp³-hybridized carbons (Fsp3) is 0.632. The lowest BCUT2D eigenvalue weighted by atomic mass is 9.83. The Labute approximate surface area is 134 Å². The summed E-state index contributed by atoms with van der Waals surface area (Å²) < 4.78 is 0. The van der Waals surface area contributed by atoms with Gasteiger partial charge in [0.15, 0.2) is 0 Å². The minimum Gasteiger partial charge on any atom is -0.326 e. The first-order chi connectivity index (χ1) is 10.6. The molecule has 1 heterocycles. The van der Waals surface area contributed by atoms with Crippen molar-refractivity contribution < 1.29 is 4.79 Å². The van der Waals surface area contributed by atoms with E-state index in [4.69, 9.17) is 0 Å². The summed E-state index contributed by atoms with van der Waals surface area (Å²) >= 11 is 0. The number of nitrogens with zero attached hydrogens (tertiary/aromatic N) is 1. The number of likely N-dealkylation sites (tertiary alicyclic amines) is 1. The Balaban J connectivity index is 1.71. The minimum absolute atomic E-state index is 0.160. The van der Waals surface area contributed by atoms with Gasteiger partial charge in [0.05, 0.1) is 5.92 Å². The van der Waals surface area contributed by atoms with Crippen LogP contribution in [0.2, 0.25) is 0 Å². The number of amides is 1. The van der Waals surface area contributed by atoms with Crippen LogP contribution in [0.15, 0.2) is 18.2 Å². The third kappa shape index (κ3) is 3.52. The number of anilines is 1. The number of carbonyl (C=O) groups is 1. The third-order valence-electron chi connectivity index (χ3n) is 5.17. The first-order valence-electron chi connectivity index (χ1n) is 8.77. The van der Waals surface area contributed by atoms with E-state index < -0.39 is 0 Å². The van der Waals surface area contributed by atoms with Gasteiger partial charge in [0.1, 0.15) is 0 Å². The average Bonchev–Trinajstić information content (AvgIpc) is 3.00. The highest BCUT2D eigenvalue weighted by Gasteiger charge is 2.35. The normalized spacial score (nSPS) is 26.1. The zero-order valence-corrected chi connectivity index (χ0v) is 13.9. The summed E-state index contributed by atoms with van der Waals surface area (Å²) in [6.45, 7) is 6.52. The van der Waals surface area contributed by atoms with E-state index in [1.807, 2.05) is 0 Å². The van der Waals surface area contributed by atoms with Crippen molar-refractivity contribution in [2.45, 2.75) is 58.4 Å². The number of benzene rings is 1. The van der Waals surface area contributed by atoms with Crippen LogP contribution in [-0.4, -0.2) is 29.9 Å². The molecule has 0 radical (unpaired) electrons. The highest BCUT2D eigenvalue weighted by Crippen LogP contribution is 2.31. The second kappa shape index (κ2) is 6.82. The maximum atomic E-state index is 12.8. The molecule has 2 fully saturated rings. The Morgan fingerprint density at radius 2 is 1.64 bits per heavy atom. The molecule has 1 aromatic rings. The summed E-state index contributed by atoms with van der Waals surface area (Å²) in [6.07, 6.45) is 7.27. The summed E-state index contributed by atoms with van der Waals surface area (Å²) in [7, 11) is 0. The number of rotatable bonds is 3. The van der Waals surface area contributed by atoms with Crippen LogP contribution in [0.5, 0.6) is 0 Å². The van der Waals surface area contributed by atoms with Gasteiger partial charge < -0.3 is 5.32 Å². The van der Waals surface area contributed by atoms with Gasteiger partial charge in [-0.05, 0) is 75.9 Å². The largest absolute Gasteiger partial charge is 0.326 e. The number of aryl methyl sites for hydroxylation is 2. The molecule has 1 saturated carbocycles. The van der Waals surface area contributed by atoms with Crippen LogP contribution < -0.4 is 5.32 Å². The van der Waals surface area contributed by atoms with Gasteiger partial charge in [0.2, 0.25) is 5.91 Å². The van der Waals surface area contributed by atoms with Gasteiger partial charge in [-0.25, -0.2) is 0 Å². The van der Waals surface area contributed by atoms with E-state index in [0.717, 1.165) is 12.1 Å². The highest BCUT2D eigenvalue weighted by molar-refractivity contribution is 5.93. The molecule has 2 unspecified atom stereocenters. The molecule has 0 aromatic heterocycles. The topological polar surface area (TPSA) is 32.3 Å². The molecule has 3 nitrogen and oxygen atoms in total. The fourth-order valence-corrected chi connectivity index (χ4v) is 4.21. The summed E-state index contributed by atoms with van der Waals surface area (Å²) in [4.78, 5) is 15.4. The number of carbonyl (C=O) groups excluding carboxylic acids is 1. The Bertz CT molecular complexity index is 514. The highest BCUT2D eigenvalue weighted by atomic mass is 16.1. The molecule has 0 bridgehead atoms. The monoisotopic (exact) mass is 300 g/mol. The van der Waals surface area contributed by atoms with E-state index in [2.05, 4.69) is 42.3 Å². The van der Waals surface area contributed by atoms with Gasteiger partial charge in [-0.1, -0.05) is 18.9 Å². The second-order valence-corrected chi connectivity index (χ2v) is 7.07. The van der Waals surface area contributed by atoms with Crippen LogP contribution in [-0.2, 0) is 4.79 Å². The summed E-state index contributed by atoms with van der Waals surface area (Å²) in [5.41, 5.74) is 3.36. The summed E-state index contributed by atoms with van der Waals surface area (Å²) in [6, 6.07) is 6.74. The molecule has 1 aromatic carbocycles. The predicted molar refractivity (Wildman–Crippen MR) is 91.1 cm³/mol. The fourth-order valence-electron chi connectivity index (χ4n) is 4.21. The van der Waals surface area contributed by atoms with Crippen LogP contribution in [0.1, 0.15) is 49.7 Å². The van der Waals surface area contributed by atoms with E-state index in [-0.39, 0.29) is 11.8 Å². The van der Waals surface area contributed by atoms with Crippen molar-refractivity contribution in [1.29, 1.82) is 0 Å². The number of hydrogen-bond acceptors (Lipinski definition) is 2. The first kappa shape index (κ1) is 15.5. The Kier molecular flexibility index (Phi) is 4.82. The lowest BCUT2D eigenvalue weighted by molar-refractivity contribution is -0.123. The summed E-state index contributed by atoms with van der Waals surface area (Å²) in [5, 5.41) is 3.18. The maximum Gasteiger partial charge on any atom is 0.229 e. The van der Waals surface area contributed by atoms with Gasteiger partial charge in [0, 0.05) is 11.7 Å². The Morgan fingerprint density at radius 1 is 1.00 bits per heavy atom. The first-order valence-corrected chi connectivity index (χ1v) is 8.77. The smallest absolute Gasteiger partial charge is 0.229 e. The van der Waals surface area contributed by atoms with Crippen molar-refractivity contribution in [3.05, 3.63) is 29.3 Å². The van der Waals surface area contributed by atoms with Crippen molar-refractivity contribution in [3.8, 4) is 0 Å². The summed E-state index contributed by atoms with van der Waals surface area (Å²) in [5.74, 6) is 0.384. The molecule has 3 heteroatoms. The van der Waals surface area contributed by atoms with Crippen molar-refractivity contribution >= 4 is 11.6 Å². The number of hydrogen-bond donors (Lipinski definition) is 1. The van der Waals surface area contributed by atoms with E-state index >= 15 is 0 Å². The third-order valence-corrected chi connectivity index (χ3v) is 5.17. The lowest BCUT2D eigenvalue weighted by Crippen LogP contribution is -2.45. The van der Waals surface area contributed by atoms with E-state index in [0.29, 0.717) is 6.04 Å². The van der Waals surface area contributed by atoms with Gasteiger partial charge >= 0.3 is 0 Å². The van der Waals surface area contributed by atoms with Crippen LogP contribution in [0, 0.1) is 19.8 Å². The van der Waals surface area contributed by atoms with Crippen molar-refractivity contribution in [1.82, 2.24) is 4.90 Å². The minimum atomic E-state index is 0.160. The molecule has 2 aliphatic rings. The standard InChI is InChI=1S/C19H28N2O/c1-14-11-15(2)13-16(12-14)20-19(22)17-7-3-4-8-18(17)21-9-5-6-10-21/h11-13,17-18H,3-10H2,1-2H3,(H,20,22). The van der Waals surface area contributed by atoms with Crippen LogP contribution in [0.4, 0.5) is 5.69 Å². The molecule has 0 spiro atoms. The van der Waals surface area contributed by atoms with E-state index in [1.54, 1.807) is 0 Å². The Morgan fingerprint density at radius 3 is 2.32 bits per heavy atom. The van der Waals surface area contributed by atoms with Crippen molar-refractivity contribution in [2.75, 3.05) is 18.4 Å². The molecule has 1 N–H and O–H groups in total. The van der Waals surface area contributed by atoms with Crippen molar-refractivity contribution in [3.63, 3.8) is 0 Å². The zero-order valence-electron chi connectivity index (χ0n) is 13.9. The van der Waals surface area contributed by atoms with Crippen LogP contribution in [0.3, 0.4) is 0 Å². The molecule has 1 saturated heterocycles. The molecule has 3 rings (SSSR count). The quantitative estimate of drug-likeness (QED) is 0.918. The van der Waals surface area contributed by atoms with Gasteiger partial charge in [-0.15, -0.1) is 0 Å². The second-order valence-electron chi connectivity index (χ2n) is 7.07. The molecular formula is C19H28N2O. The van der Waals surface area contributed by atoms with Crippen molar-refractivity contribution in [2.24, 2.45) is 5.92 Å². The molecule has 1 amide bonds. The van der Waals surface area contributed by atoms with Crippen LogP contribution >= 0.6 is 0 Å². The molecule has 120 valence electrons. The SMILES string of the molecule is Cc1cc(C)cc(NC(=O)C2CCCCC2N2CCCC2)c1. The van der Waals surface area contributed by atoms with Crippen LogP contribution in [0.25, 0.3) is 0 Å². The van der Waals surface area contributed by atoms with E-state index in [1.165, 1.54) is 56.3 Å². The average molecular weight is 300 g/mol. The molecule has 2 atom stereocenters. The molecular weight excluding hydrogens is 272 g/mol. The van der Waals surface area contributed by atoms with Gasteiger partial charge in [0.25, 0.3) is 0 Å². The van der Waals surface area contributed by atoms with Gasteiger partial charge in [-0.3, -0.25) is 9.69 Å². The lowest BCUT2D eigenvalue weighted by Gasteiger charge is -2.37.